The SMILES string of the molecule is CN(CCO)c1cccc(/C=C/c2ccccn2)n1. The third-order valence-corrected chi connectivity index (χ3v) is 2.70. The van der Waals surface area contributed by atoms with Crippen LogP contribution in [0, 0.1) is 0 Å². The van der Waals surface area contributed by atoms with Gasteiger partial charge < -0.3 is 10.0 Å². The van der Waals surface area contributed by atoms with Crippen LogP contribution in [0.4, 0.5) is 5.82 Å². The minimum atomic E-state index is 0.117. The van der Waals surface area contributed by atoms with Crippen molar-refractivity contribution in [1.29, 1.82) is 0 Å². The maximum absolute atomic E-state index is 8.93. The number of hydrogen-bond donors (Lipinski definition) is 1. The van der Waals surface area contributed by atoms with Gasteiger partial charge in [0.25, 0.3) is 0 Å². The minimum absolute atomic E-state index is 0.117. The van der Waals surface area contributed by atoms with Crippen LogP contribution in [0.15, 0.2) is 42.6 Å². The predicted octanol–water partition coefficient (Wildman–Crippen LogP) is 2.08. The highest BCUT2D eigenvalue weighted by Crippen LogP contribution is 2.11. The molecule has 1 N–H and O–H groups in total. The van der Waals surface area contributed by atoms with E-state index in [1.54, 1.807) is 6.20 Å². The first-order valence-corrected chi connectivity index (χ1v) is 6.18. The van der Waals surface area contributed by atoms with Gasteiger partial charge in [0.1, 0.15) is 5.82 Å². The number of aliphatic hydroxyl groups excluding tert-OH is 1. The van der Waals surface area contributed by atoms with Gasteiger partial charge in [0.15, 0.2) is 0 Å². The Morgan fingerprint density at radius 2 is 1.89 bits per heavy atom. The number of aromatic nitrogens is 2. The number of rotatable bonds is 5. The molecule has 4 heteroatoms. The van der Waals surface area contributed by atoms with Crippen LogP contribution < -0.4 is 4.90 Å². The van der Waals surface area contributed by atoms with Gasteiger partial charge in [-0.3, -0.25) is 4.98 Å². The van der Waals surface area contributed by atoms with Crippen molar-refractivity contribution in [3.63, 3.8) is 0 Å². The van der Waals surface area contributed by atoms with Gasteiger partial charge in [-0.2, -0.15) is 0 Å². The Bertz CT molecular complexity index is 540. The van der Waals surface area contributed by atoms with Crippen molar-refractivity contribution in [2.75, 3.05) is 25.1 Å². The second-order valence-corrected chi connectivity index (χ2v) is 4.15. The van der Waals surface area contributed by atoms with Gasteiger partial charge in [-0.25, -0.2) is 4.98 Å². The fourth-order valence-electron chi connectivity index (χ4n) is 1.65. The quantitative estimate of drug-likeness (QED) is 0.888. The van der Waals surface area contributed by atoms with Crippen LogP contribution in [-0.4, -0.2) is 35.3 Å². The first-order valence-electron chi connectivity index (χ1n) is 6.18. The van der Waals surface area contributed by atoms with Crippen molar-refractivity contribution in [3.8, 4) is 0 Å². The highest BCUT2D eigenvalue weighted by molar-refractivity contribution is 5.66. The summed E-state index contributed by atoms with van der Waals surface area (Å²) in [4.78, 5) is 10.6. The molecule has 2 aromatic heterocycles. The lowest BCUT2D eigenvalue weighted by Crippen LogP contribution is -2.22. The van der Waals surface area contributed by atoms with E-state index in [-0.39, 0.29) is 6.61 Å². The van der Waals surface area contributed by atoms with E-state index in [4.69, 9.17) is 5.11 Å². The molecular formula is C15H17N3O. The Labute approximate surface area is 113 Å². The molecule has 0 bridgehead atoms. The fraction of sp³-hybridized carbons (Fsp3) is 0.200. The Morgan fingerprint density at radius 1 is 1.11 bits per heavy atom. The Hall–Kier alpha value is -2.20. The lowest BCUT2D eigenvalue weighted by atomic mass is 10.2. The summed E-state index contributed by atoms with van der Waals surface area (Å²) in [7, 11) is 1.91. The van der Waals surface area contributed by atoms with Crippen molar-refractivity contribution < 1.29 is 5.11 Å². The van der Waals surface area contributed by atoms with E-state index in [1.165, 1.54) is 0 Å². The molecule has 0 unspecified atom stereocenters. The molecule has 0 aliphatic heterocycles. The number of likely N-dealkylation sites (N-methyl/N-ethyl adjacent to an activating group) is 1. The van der Waals surface area contributed by atoms with Crippen LogP contribution in [0.2, 0.25) is 0 Å². The van der Waals surface area contributed by atoms with Gasteiger partial charge in [0.05, 0.1) is 18.0 Å². The van der Waals surface area contributed by atoms with Crippen LogP contribution in [0.3, 0.4) is 0 Å². The van der Waals surface area contributed by atoms with Crippen molar-refractivity contribution in [2.45, 2.75) is 0 Å². The van der Waals surface area contributed by atoms with Crippen LogP contribution in [0.25, 0.3) is 12.2 Å². The maximum Gasteiger partial charge on any atom is 0.129 e. The molecule has 98 valence electrons. The third kappa shape index (κ3) is 3.89. The molecule has 0 aliphatic rings. The Kier molecular flexibility index (Phi) is 4.64. The highest BCUT2D eigenvalue weighted by atomic mass is 16.3. The standard InChI is InChI=1S/C15H17N3O/c1-18(11-12-19)15-7-4-6-14(17-15)9-8-13-5-2-3-10-16-13/h2-10,19H,11-12H2,1H3/b9-8+. The zero-order valence-electron chi connectivity index (χ0n) is 10.9. The molecule has 2 heterocycles. The number of aliphatic hydroxyl groups is 1. The van der Waals surface area contributed by atoms with E-state index in [0.717, 1.165) is 17.2 Å². The van der Waals surface area contributed by atoms with Crippen LogP contribution >= 0.6 is 0 Å². The predicted molar refractivity (Wildman–Crippen MR) is 77.8 cm³/mol. The largest absolute Gasteiger partial charge is 0.395 e. The van der Waals surface area contributed by atoms with E-state index in [0.29, 0.717) is 6.54 Å². The molecule has 19 heavy (non-hydrogen) atoms. The van der Waals surface area contributed by atoms with Crippen molar-refractivity contribution in [2.24, 2.45) is 0 Å². The summed E-state index contributed by atoms with van der Waals surface area (Å²) in [6, 6.07) is 11.6. The normalized spacial score (nSPS) is 10.8. The van der Waals surface area contributed by atoms with E-state index in [1.807, 2.05) is 60.5 Å². The molecule has 0 atom stereocenters. The summed E-state index contributed by atoms with van der Waals surface area (Å²) >= 11 is 0. The number of nitrogens with zero attached hydrogens (tertiary/aromatic N) is 3. The minimum Gasteiger partial charge on any atom is -0.395 e. The molecule has 2 aromatic rings. The zero-order chi connectivity index (χ0) is 13.5. The summed E-state index contributed by atoms with van der Waals surface area (Å²) in [6.07, 6.45) is 5.62. The van der Waals surface area contributed by atoms with Gasteiger partial charge >= 0.3 is 0 Å². The van der Waals surface area contributed by atoms with Crippen LogP contribution in [0.1, 0.15) is 11.4 Å². The van der Waals surface area contributed by atoms with Crippen molar-refractivity contribution in [1.82, 2.24) is 9.97 Å². The summed E-state index contributed by atoms with van der Waals surface area (Å²) < 4.78 is 0. The van der Waals surface area contributed by atoms with Gasteiger partial charge in [-0.15, -0.1) is 0 Å². The molecule has 0 aromatic carbocycles. The highest BCUT2D eigenvalue weighted by Gasteiger charge is 2.01. The smallest absolute Gasteiger partial charge is 0.129 e. The molecule has 0 saturated carbocycles. The number of pyridine rings is 2. The number of anilines is 1. The molecule has 0 fully saturated rings. The molecule has 0 aliphatic carbocycles. The zero-order valence-corrected chi connectivity index (χ0v) is 10.9. The van der Waals surface area contributed by atoms with Crippen molar-refractivity contribution in [3.05, 3.63) is 54.0 Å². The van der Waals surface area contributed by atoms with Gasteiger partial charge in [-0.05, 0) is 36.4 Å². The first kappa shape index (κ1) is 13.2. The Balaban J connectivity index is 2.13. The molecule has 0 radical (unpaired) electrons. The van der Waals surface area contributed by atoms with E-state index in [2.05, 4.69) is 9.97 Å². The lowest BCUT2D eigenvalue weighted by molar-refractivity contribution is 0.304. The van der Waals surface area contributed by atoms with E-state index >= 15 is 0 Å². The third-order valence-electron chi connectivity index (χ3n) is 2.70. The van der Waals surface area contributed by atoms with E-state index in [9.17, 15) is 0 Å². The summed E-state index contributed by atoms with van der Waals surface area (Å²) in [5, 5.41) is 8.93. The monoisotopic (exact) mass is 255 g/mol. The van der Waals surface area contributed by atoms with Gasteiger partial charge in [0.2, 0.25) is 0 Å². The second kappa shape index (κ2) is 6.66. The van der Waals surface area contributed by atoms with Gasteiger partial charge in [0, 0.05) is 19.8 Å². The summed E-state index contributed by atoms with van der Waals surface area (Å²) in [5.41, 5.74) is 1.77. The molecule has 4 nitrogen and oxygen atoms in total. The van der Waals surface area contributed by atoms with Crippen LogP contribution in [0.5, 0.6) is 0 Å². The summed E-state index contributed by atoms with van der Waals surface area (Å²) in [6.45, 7) is 0.687. The molecule has 2 rings (SSSR count). The summed E-state index contributed by atoms with van der Waals surface area (Å²) in [5.74, 6) is 0.845. The number of hydrogen-bond acceptors (Lipinski definition) is 4. The molecule has 0 amide bonds. The molecule has 0 saturated heterocycles. The van der Waals surface area contributed by atoms with Crippen molar-refractivity contribution >= 4 is 18.0 Å². The lowest BCUT2D eigenvalue weighted by Gasteiger charge is -2.16. The Morgan fingerprint density at radius 3 is 2.63 bits per heavy atom. The molecular weight excluding hydrogens is 238 g/mol. The fourth-order valence-corrected chi connectivity index (χ4v) is 1.65. The average molecular weight is 255 g/mol. The average Bonchev–Trinajstić information content (AvgIpc) is 2.47. The van der Waals surface area contributed by atoms with Crippen LogP contribution in [-0.2, 0) is 0 Å². The van der Waals surface area contributed by atoms with Gasteiger partial charge in [-0.1, -0.05) is 12.1 Å². The topological polar surface area (TPSA) is 49.2 Å². The van der Waals surface area contributed by atoms with E-state index < -0.39 is 0 Å². The maximum atomic E-state index is 8.93. The first-order chi connectivity index (χ1) is 9.29. The molecule has 0 spiro atoms. The second-order valence-electron chi connectivity index (χ2n) is 4.15.